The molecule has 0 amide bonds. The molecule has 0 heterocycles. The lowest BCUT2D eigenvalue weighted by molar-refractivity contribution is -0.144. The fourth-order valence-corrected chi connectivity index (χ4v) is 1.52. The highest BCUT2D eigenvalue weighted by atomic mass is 16.7. The summed E-state index contributed by atoms with van der Waals surface area (Å²) < 4.78 is 10.8. The van der Waals surface area contributed by atoms with Gasteiger partial charge in [0, 0.05) is 32.5 Å². The van der Waals surface area contributed by atoms with Crippen molar-refractivity contribution in [1.29, 1.82) is 0 Å². The molecule has 0 saturated carbocycles. The van der Waals surface area contributed by atoms with Crippen molar-refractivity contribution in [2.75, 3.05) is 13.2 Å². The van der Waals surface area contributed by atoms with Crippen molar-refractivity contribution < 1.29 is 14.3 Å². The summed E-state index contributed by atoms with van der Waals surface area (Å²) in [7, 11) is 0. The highest BCUT2D eigenvalue weighted by Gasteiger charge is 2.10. The van der Waals surface area contributed by atoms with Gasteiger partial charge >= 0.3 is 0 Å². The van der Waals surface area contributed by atoms with E-state index in [0.29, 0.717) is 32.5 Å². The molecule has 0 aliphatic heterocycles. The quantitative estimate of drug-likeness (QED) is 0.411. The van der Waals surface area contributed by atoms with E-state index in [2.05, 4.69) is 19.1 Å². The van der Waals surface area contributed by atoms with Crippen LogP contribution in [0, 0.1) is 0 Å². The molecule has 17 heavy (non-hydrogen) atoms. The number of hydrogen-bond acceptors (Lipinski definition) is 3. The molecule has 0 saturated heterocycles. The van der Waals surface area contributed by atoms with Gasteiger partial charge in [0.05, 0.1) is 0 Å². The second kappa shape index (κ2) is 11.8. The second-order valence-electron chi connectivity index (χ2n) is 3.84. The van der Waals surface area contributed by atoms with Crippen molar-refractivity contribution in [1.82, 2.24) is 0 Å². The Morgan fingerprint density at radius 1 is 1.06 bits per heavy atom. The SMILES string of the molecule is CCC=CCCC(=O)CCC(OCC)OCC. The van der Waals surface area contributed by atoms with Gasteiger partial charge < -0.3 is 9.47 Å². The number of allylic oxidation sites excluding steroid dienone is 2. The Kier molecular flexibility index (Phi) is 11.3. The van der Waals surface area contributed by atoms with Crippen molar-refractivity contribution >= 4 is 5.78 Å². The maximum Gasteiger partial charge on any atom is 0.157 e. The van der Waals surface area contributed by atoms with Crippen LogP contribution >= 0.6 is 0 Å². The highest BCUT2D eigenvalue weighted by molar-refractivity contribution is 5.78. The van der Waals surface area contributed by atoms with Crippen LogP contribution in [0.1, 0.15) is 52.9 Å². The number of rotatable bonds is 11. The Morgan fingerprint density at radius 2 is 1.71 bits per heavy atom. The summed E-state index contributed by atoms with van der Waals surface area (Å²) in [5.74, 6) is 0.287. The molecule has 0 unspecified atom stereocenters. The van der Waals surface area contributed by atoms with E-state index in [4.69, 9.17) is 9.47 Å². The number of ketones is 1. The molecule has 0 aromatic rings. The van der Waals surface area contributed by atoms with E-state index in [9.17, 15) is 4.79 Å². The lowest BCUT2D eigenvalue weighted by atomic mass is 10.1. The minimum atomic E-state index is -0.222. The molecule has 0 atom stereocenters. The van der Waals surface area contributed by atoms with Gasteiger partial charge in [-0.1, -0.05) is 19.1 Å². The smallest absolute Gasteiger partial charge is 0.157 e. The summed E-state index contributed by atoms with van der Waals surface area (Å²) in [6, 6.07) is 0. The van der Waals surface area contributed by atoms with Crippen molar-refractivity contribution in [2.45, 2.75) is 59.2 Å². The Balaban J connectivity index is 3.68. The molecule has 3 heteroatoms. The number of carbonyl (C=O) groups is 1. The zero-order chi connectivity index (χ0) is 12.9. The van der Waals surface area contributed by atoms with Gasteiger partial charge in [-0.25, -0.2) is 0 Å². The molecule has 0 aliphatic rings. The number of ether oxygens (including phenoxy) is 2. The van der Waals surface area contributed by atoms with Crippen LogP contribution in [-0.4, -0.2) is 25.3 Å². The molecule has 0 aromatic carbocycles. The molecular weight excluding hydrogens is 216 g/mol. The van der Waals surface area contributed by atoms with Gasteiger partial charge in [-0.2, -0.15) is 0 Å². The van der Waals surface area contributed by atoms with Crippen LogP contribution < -0.4 is 0 Å². The Bertz CT molecular complexity index is 206. The maximum atomic E-state index is 11.6. The van der Waals surface area contributed by atoms with E-state index in [1.165, 1.54) is 0 Å². The normalized spacial score (nSPS) is 11.5. The largest absolute Gasteiger partial charge is 0.353 e. The summed E-state index contributed by atoms with van der Waals surface area (Å²) in [6.07, 6.45) is 7.66. The monoisotopic (exact) mass is 242 g/mol. The summed E-state index contributed by atoms with van der Waals surface area (Å²) in [4.78, 5) is 11.6. The lowest BCUT2D eigenvalue weighted by Crippen LogP contribution is -2.18. The molecule has 0 spiro atoms. The molecule has 0 fully saturated rings. The van der Waals surface area contributed by atoms with Crippen molar-refractivity contribution in [3.8, 4) is 0 Å². The Labute approximate surface area is 105 Å². The highest BCUT2D eigenvalue weighted by Crippen LogP contribution is 2.07. The van der Waals surface area contributed by atoms with E-state index in [0.717, 1.165) is 12.8 Å². The van der Waals surface area contributed by atoms with Crippen molar-refractivity contribution in [3.05, 3.63) is 12.2 Å². The minimum Gasteiger partial charge on any atom is -0.353 e. The van der Waals surface area contributed by atoms with Gasteiger partial charge in [0.15, 0.2) is 6.29 Å². The molecule has 0 bridgehead atoms. The molecular formula is C14H26O3. The van der Waals surface area contributed by atoms with Crippen LogP contribution in [0.4, 0.5) is 0 Å². The van der Waals surface area contributed by atoms with Gasteiger partial charge in [0.1, 0.15) is 5.78 Å². The van der Waals surface area contributed by atoms with Gasteiger partial charge in [0.2, 0.25) is 0 Å². The molecule has 0 rings (SSSR count). The van der Waals surface area contributed by atoms with Crippen LogP contribution in [0.2, 0.25) is 0 Å². The van der Waals surface area contributed by atoms with E-state index in [1.807, 2.05) is 13.8 Å². The fourth-order valence-electron chi connectivity index (χ4n) is 1.52. The fraction of sp³-hybridized carbons (Fsp3) is 0.786. The van der Waals surface area contributed by atoms with Crippen LogP contribution in [0.3, 0.4) is 0 Å². The molecule has 3 nitrogen and oxygen atoms in total. The predicted molar refractivity (Wildman–Crippen MR) is 69.9 cm³/mol. The van der Waals surface area contributed by atoms with Crippen molar-refractivity contribution in [2.24, 2.45) is 0 Å². The van der Waals surface area contributed by atoms with E-state index in [1.54, 1.807) is 0 Å². The molecule has 0 radical (unpaired) electrons. The summed E-state index contributed by atoms with van der Waals surface area (Å²) in [6.45, 7) is 7.20. The number of hydrogen-bond donors (Lipinski definition) is 0. The first-order valence-corrected chi connectivity index (χ1v) is 6.64. The molecule has 0 aromatic heterocycles. The van der Waals surface area contributed by atoms with E-state index >= 15 is 0 Å². The first-order valence-electron chi connectivity index (χ1n) is 6.64. The average molecular weight is 242 g/mol. The Hall–Kier alpha value is -0.670. The standard InChI is InChI=1S/C14H26O3/c1-4-7-8-9-10-13(15)11-12-14(16-5-2)17-6-3/h7-8,14H,4-6,9-12H2,1-3H3. The summed E-state index contributed by atoms with van der Waals surface area (Å²) >= 11 is 0. The molecule has 0 N–H and O–H groups in total. The molecule has 0 aliphatic carbocycles. The van der Waals surface area contributed by atoms with Gasteiger partial charge in [-0.05, 0) is 26.7 Å². The van der Waals surface area contributed by atoms with Gasteiger partial charge in [-0.3, -0.25) is 4.79 Å². The van der Waals surface area contributed by atoms with Gasteiger partial charge in [-0.15, -0.1) is 0 Å². The third kappa shape index (κ3) is 10.2. The van der Waals surface area contributed by atoms with Crippen molar-refractivity contribution in [3.63, 3.8) is 0 Å². The second-order valence-corrected chi connectivity index (χ2v) is 3.84. The summed E-state index contributed by atoms with van der Waals surface area (Å²) in [5, 5.41) is 0. The Morgan fingerprint density at radius 3 is 2.24 bits per heavy atom. The predicted octanol–water partition coefficient (Wildman–Crippen LogP) is 3.48. The minimum absolute atomic E-state index is 0.222. The first-order chi connectivity index (χ1) is 8.24. The number of carbonyl (C=O) groups excluding carboxylic acids is 1. The maximum absolute atomic E-state index is 11.6. The third-order valence-corrected chi connectivity index (χ3v) is 2.36. The average Bonchev–Trinajstić information content (AvgIpc) is 2.32. The van der Waals surface area contributed by atoms with E-state index < -0.39 is 0 Å². The van der Waals surface area contributed by atoms with Crippen LogP contribution in [-0.2, 0) is 14.3 Å². The molecule has 100 valence electrons. The topological polar surface area (TPSA) is 35.5 Å². The zero-order valence-electron chi connectivity index (χ0n) is 11.4. The zero-order valence-corrected chi connectivity index (χ0v) is 11.4. The van der Waals surface area contributed by atoms with Crippen LogP contribution in [0.25, 0.3) is 0 Å². The van der Waals surface area contributed by atoms with Gasteiger partial charge in [0.25, 0.3) is 0 Å². The first kappa shape index (κ1) is 16.3. The van der Waals surface area contributed by atoms with E-state index in [-0.39, 0.29) is 12.1 Å². The van der Waals surface area contributed by atoms with Crippen LogP contribution in [0.5, 0.6) is 0 Å². The number of Topliss-reactive ketones (excluding diaryl/α,β-unsaturated/α-hetero) is 1. The lowest BCUT2D eigenvalue weighted by Gasteiger charge is -2.16. The van der Waals surface area contributed by atoms with Crippen LogP contribution in [0.15, 0.2) is 12.2 Å². The summed E-state index contributed by atoms with van der Waals surface area (Å²) in [5.41, 5.74) is 0. The third-order valence-electron chi connectivity index (χ3n) is 2.36.